The van der Waals surface area contributed by atoms with Crippen LogP contribution in [0.2, 0.25) is 0 Å². The molecule has 0 aromatic heterocycles. The summed E-state index contributed by atoms with van der Waals surface area (Å²) >= 11 is 0. The molecule has 0 bridgehead atoms. The van der Waals surface area contributed by atoms with Gasteiger partial charge in [0.25, 0.3) is 0 Å². The summed E-state index contributed by atoms with van der Waals surface area (Å²) in [5, 5.41) is 2.58. The van der Waals surface area contributed by atoms with Gasteiger partial charge in [-0.15, -0.1) is 0 Å². The van der Waals surface area contributed by atoms with Gasteiger partial charge >= 0.3 is 0 Å². The molecule has 2 rings (SSSR count). The van der Waals surface area contributed by atoms with Crippen LogP contribution < -0.4 is 10.0 Å². The van der Waals surface area contributed by atoms with Crippen LogP contribution in [-0.2, 0) is 21.4 Å². The molecule has 0 saturated heterocycles. The van der Waals surface area contributed by atoms with Crippen LogP contribution in [0.1, 0.15) is 29.8 Å². The summed E-state index contributed by atoms with van der Waals surface area (Å²) in [5.74, 6) is -1.06. The van der Waals surface area contributed by atoms with Crippen molar-refractivity contribution in [1.82, 2.24) is 10.0 Å². The van der Waals surface area contributed by atoms with Crippen molar-refractivity contribution >= 4 is 21.7 Å². The van der Waals surface area contributed by atoms with Crippen LogP contribution in [0, 0.1) is 5.82 Å². The lowest BCUT2D eigenvalue weighted by Crippen LogP contribution is -2.44. The van der Waals surface area contributed by atoms with Crippen molar-refractivity contribution < 1.29 is 22.4 Å². The molecule has 1 amide bonds. The van der Waals surface area contributed by atoms with Crippen molar-refractivity contribution in [2.75, 3.05) is 0 Å². The van der Waals surface area contributed by atoms with Gasteiger partial charge in [-0.1, -0.05) is 24.3 Å². The third kappa shape index (κ3) is 5.21. The number of Topliss-reactive ketones (excluding diaryl/α,β-unsaturated/α-hetero) is 1. The van der Waals surface area contributed by atoms with Crippen LogP contribution in [-0.4, -0.2) is 26.2 Å². The van der Waals surface area contributed by atoms with E-state index >= 15 is 0 Å². The SMILES string of the molecule is CC(=O)c1ccc(S(=O)(=O)N[C@@H](C)C(=O)NCc2ccc(F)cc2)cc1. The molecule has 0 aliphatic carbocycles. The number of rotatable bonds is 7. The van der Waals surface area contributed by atoms with E-state index in [0.29, 0.717) is 11.1 Å². The summed E-state index contributed by atoms with van der Waals surface area (Å²) in [6, 6.07) is 10.0. The first-order valence-corrected chi connectivity index (χ1v) is 9.33. The molecular formula is C18H19FN2O4S. The standard InChI is InChI=1S/C18H19FN2O4S/c1-12(18(23)20-11-14-3-7-16(19)8-4-14)21-26(24,25)17-9-5-15(6-10-17)13(2)22/h3-10,12,21H,11H2,1-2H3,(H,20,23)/t12-/m0/s1. The fourth-order valence-electron chi connectivity index (χ4n) is 2.17. The maximum atomic E-state index is 12.8. The van der Waals surface area contributed by atoms with Crippen molar-refractivity contribution in [2.45, 2.75) is 31.3 Å². The minimum absolute atomic E-state index is 0.0410. The Morgan fingerprint density at radius 3 is 2.15 bits per heavy atom. The van der Waals surface area contributed by atoms with Crippen LogP contribution in [0.5, 0.6) is 0 Å². The number of halogens is 1. The number of amides is 1. The average molecular weight is 378 g/mol. The van der Waals surface area contributed by atoms with Crippen LogP contribution in [0.25, 0.3) is 0 Å². The topological polar surface area (TPSA) is 92.3 Å². The number of hydrogen-bond donors (Lipinski definition) is 2. The normalized spacial score (nSPS) is 12.4. The fraction of sp³-hybridized carbons (Fsp3) is 0.222. The summed E-state index contributed by atoms with van der Waals surface area (Å²) in [5.41, 5.74) is 1.09. The van der Waals surface area contributed by atoms with E-state index in [4.69, 9.17) is 0 Å². The van der Waals surface area contributed by atoms with Gasteiger partial charge in [-0.25, -0.2) is 12.8 Å². The second kappa shape index (κ2) is 8.20. The number of nitrogens with one attached hydrogen (secondary N) is 2. The van der Waals surface area contributed by atoms with E-state index in [9.17, 15) is 22.4 Å². The first kappa shape index (κ1) is 19.7. The summed E-state index contributed by atoms with van der Waals surface area (Å²) in [6.07, 6.45) is 0. The molecule has 0 fully saturated rings. The van der Waals surface area contributed by atoms with Crippen LogP contribution >= 0.6 is 0 Å². The van der Waals surface area contributed by atoms with Gasteiger partial charge in [0.1, 0.15) is 5.82 Å². The largest absolute Gasteiger partial charge is 0.351 e. The predicted octanol–water partition coefficient (Wildman–Crippen LogP) is 2.01. The molecule has 8 heteroatoms. The highest BCUT2D eigenvalue weighted by Crippen LogP contribution is 2.11. The molecule has 26 heavy (non-hydrogen) atoms. The van der Waals surface area contributed by atoms with Crippen LogP contribution in [0.3, 0.4) is 0 Å². The number of carbonyl (C=O) groups excluding carboxylic acids is 2. The predicted molar refractivity (Wildman–Crippen MR) is 94.5 cm³/mol. The molecule has 138 valence electrons. The second-order valence-electron chi connectivity index (χ2n) is 5.77. The Labute approximate surface area is 151 Å². The highest BCUT2D eigenvalue weighted by atomic mass is 32.2. The van der Waals surface area contributed by atoms with Gasteiger partial charge in [0.15, 0.2) is 5.78 Å². The Bertz CT molecular complexity index is 894. The monoisotopic (exact) mass is 378 g/mol. The first-order chi connectivity index (χ1) is 12.2. The lowest BCUT2D eigenvalue weighted by molar-refractivity contribution is -0.122. The highest BCUT2D eigenvalue weighted by Gasteiger charge is 2.22. The van der Waals surface area contributed by atoms with E-state index in [1.54, 1.807) is 0 Å². The molecule has 6 nitrogen and oxygen atoms in total. The van der Waals surface area contributed by atoms with Gasteiger partial charge in [0.2, 0.25) is 15.9 Å². The van der Waals surface area contributed by atoms with Gasteiger partial charge in [-0.05, 0) is 43.7 Å². The van der Waals surface area contributed by atoms with Gasteiger partial charge in [0.05, 0.1) is 10.9 Å². The maximum Gasteiger partial charge on any atom is 0.241 e. The number of sulfonamides is 1. The summed E-state index contributed by atoms with van der Waals surface area (Å²) in [4.78, 5) is 23.3. The highest BCUT2D eigenvalue weighted by molar-refractivity contribution is 7.89. The van der Waals surface area contributed by atoms with E-state index in [0.717, 1.165) is 0 Å². The third-order valence-corrected chi connectivity index (χ3v) is 5.23. The van der Waals surface area contributed by atoms with E-state index in [1.165, 1.54) is 62.4 Å². The Morgan fingerprint density at radius 1 is 1.04 bits per heavy atom. The number of ketones is 1. The Hall–Kier alpha value is -2.58. The van der Waals surface area contributed by atoms with Gasteiger partial charge in [0, 0.05) is 12.1 Å². The van der Waals surface area contributed by atoms with Crippen molar-refractivity contribution in [2.24, 2.45) is 0 Å². The Balaban J connectivity index is 1.97. The Morgan fingerprint density at radius 2 is 1.62 bits per heavy atom. The summed E-state index contributed by atoms with van der Waals surface area (Å²) in [7, 11) is -3.91. The molecule has 0 aliphatic heterocycles. The minimum atomic E-state index is -3.91. The molecule has 0 spiro atoms. The zero-order chi connectivity index (χ0) is 19.3. The molecule has 0 aliphatic rings. The van der Waals surface area contributed by atoms with Crippen molar-refractivity contribution in [3.05, 3.63) is 65.5 Å². The van der Waals surface area contributed by atoms with E-state index in [1.807, 2.05) is 0 Å². The van der Waals surface area contributed by atoms with Crippen molar-refractivity contribution in [1.29, 1.82) is 0 Å². The molecule has 2 aromatic carbocycles. The van der Waals surface area contributed by atoms with E-state index in [-0.39, 0.29) is 23.0 Å². The molecule has 0 heterocycles. The number of hydrogen-bond acceptors (Lipinski definition) is 4. The van der Waals surface area contributed by atoms with E-state index in [2.05, 4.69) is 10.0 Å². The molecule has 2 aromatic rings. The average Bonchev–Trinajstić information content (AvgIpc) is 2.60. The number of benzene rings is 2. The van der Waals surface area contributed by atoms with Gasteiger partial charge in [-0.2, -0.15) is 4.72 Å². The number of carbonyl (C=O) groups is 2. The minimum Gasteiger partial charge on any atom is -0.351 e. The zero-order valence-electron chi connectivity index (χ0n) is 14.3. The van der Waals surface area contributed by atoms with Gasteiger partial charge < -0.3 is 5.32 Å². The van der Waals surface area contributed by atoms with Crippen LogP contribution in [0.4, 0.5) is 4.39 Å². The van der Waals surface area contributed by atoms with Crippen LogP contribution in [0.15, 0.2) is 53.4 Å². The molecule has 1 atom stereocenters. The first-order valence-electron chi connectivity index (χ1n) is 7.84. The third-order valence-electron chi connectivity index (χ3n) is 3.68. The molecule has 2 N–H and O–H groups in total. The van der Waals surface area contributed by atoms with Gasteiger partial charge in [-0.3, -0.25) is 9.59 Å². The molecule has 0 unspecified atom stereocenters. The quantitative estimate of drug-likeness (QED) is 0.721. The molecular weight excluding hydrogens is 359 g/mol. The summed E-state index contributed by atoms with van der Waals surface area (Å²) < 4.78 is 39.8. The fourth-order valence-corrected chi connectivity index (χ4v) is 3.37. The lowest BCUT2D eigenvalue weighted by Gasteiger charge is -2.14. The molecule has 0 saturated carbocycles. The van der Waals surface area contributed by atoms with Crippen molar-refractivity contribution in [3.8, 4) is 0 Å². The zero-order valence-corrected chi connectivity index (χ0v) is 15.1. The lowest BCUT2D eigenvalue weighted by atomic mass is 10.2. The second-order valence-corrected chi connectivity index (χ2v) is 7.48. The molecule has 0 radical (unpaired) electrons. The summed E-state index contributed by atoms with van der Waals surface area (Å²) in [6.45, 7) is 2.95. The van der Waals surface area contributed by atoms with Crippen molar-refractivity contribution in [3.63, 3.8) is 0 Å². The Kier molecular flexibility index (Phi) is 6.23. The maximum absolute atomic E-state index is 12.8. The van der Waals surface area contributed by atoms with E-state index < -0.39 is 22.0 Å². The smallest absolute Gasteiger partial charge is 0.241 e.